The predicted molar refractivity (Wildman–Crippen MR) is 221 cm³/mol. The van der Waals surface area contributed by atoms with E-state index < -0.39 is 0 Å². The van der Waals surface area contributed by atoms with E-state index in [1.165, 1.54) is 90.2 Å². The molecule has 0 unspecified atom stereocenters. The SMILES string of the molecule is c1cc(-c2ccc3c(c2)sc2ccccc23)cc(-c2ccc3sc4ccc(-c5cccc(-c6cccc7oc8ccccc8c67)c5)cc4c3c2)c1. The summed E-state index contributed by atoms with van der Waals surface area (Å²) in [6.45, 7) is 0. The number of hydrogen-bond donors (Lipinski definition) is 0. The smallest absolute Gasteiger partial charge is 0.136 e. The lowest BCUT2D eigenvalue weighted by molar-refractivity contribution is 0.669. The molecule has 0 aliphatic rings. The quantitative estimate of drug-likeness (QED) is 0.180. The second kappa shape index (κ2) is 11.3. The van der Waals surface area contributed by atoms with Gasteiger partial charge in [-0.15, -0.1) is 22.7 Å². The van der Waals surface area contributed by atoms with Gasteiger partial charge in [0.25, 0.3) is 0 Å². The van der Waals surface area contributed by atoms with Crippen molar-refractivity contribution < 1.29 is 4.42 Å². The van der Waals surface area contributed by atoms with Gasteiger partial charge in [-0.25, -0.2) is 0 Å². The van der Waals surface area contributed by atoms with Crippen LogP contribution in [0.15, 0.2) is 174 Å². The third-order valence-corrected chi connectivity index (χ3v) is 12.6. The van der Waals surface area contributed by atoms with Crippen molar-refractivity contribution in [1.29, 1.82) is 0 Å². The molecule has 238 valence electrons. The number of fused-ring (bicyclic) bond motifs is 9. The predicted octanol–water partition coefficient (Wildman–Crippen LogP) is 15.0. The molecule has 0 aliphatic carbocycles. The molecule has 1 nitrogen and oxygen atoms in total. The fraction of sp³-hybridized carbons (Fsp3) is 0. The number of furan rings is 1. The first kappa shape index (κ1) is 28.8. The molecule has 8 aromatic carbocycles. The molecule has 0 saturated carbocycles. The monoisotopic (exact) mass is 684 g/mol. The van der Waals surface area contributed by atoms with Crippen LogP contribution in [0.25, 0.3) is 107 Å². The molecule has 0 radical (unpaired) electrons. The summed E-state index contributed by atoms with van der Waals surface area (Å²) in [5, 5.41) is 7.59. The van der Waals surface area contributed by atoms with Gasteiger partial charge in [0.2, 0.25) is 0 Å². The Morgan fingerprint density at radius 3 is 1.57 bits per heavy atom. The van der Waals surface area contributed by atoms with E-state index in [1.54, 1.807) is 0 Å². The van der Waals surface area contributed by atoms with Gasteiger partial charge < -0.3 is 4.42 Å². The molecular formula is C48H28OS2. The van der Waals surface area contributed by atoms with Crippen molar-refractivity contribution in [2.45, 2.75) is 0 Å². The van der Waals surface area contributed by atoms with E-state index in [2.05, 4.69) is 158 Å². The Kier molecular flexibility index (Phi) is 6.36. The van der Waals surface area contributed by atoms with Gasteiger partial charge in [0.1, 0.15) is 11.2 Å². The lowest BCUT2D eigenvalue weighted by Crippen LogP contribution is -1.83. The van der Waals surface area contributed by atoms with Crippen molar-refractivity contribution in [2.24, 2.45) is 0 Å². The summed E-state index contributed by atoms with van der Waals surface area (Å²) in [5.41, 5.74) is 11.6. The van der Waals surface area contributed by atoms with E-state index >= 15 is 0 Å². The lowest BCUT2D eigenvalue weighted by atomic mass is 9.95. The molecule has 11 rings (SSSR count). The maximum absolute atomic E-state index is 6.21. The minimum atomic E-state index is 0.920. The highest BCUT2D eigenvalue weighted by atomic mass is 32.1. The number of rotatable bonds is 4. The summed E-state index contributed by atoms with van der Waals surface area (Å²) in [5.74, 6) is 0. The first-order valence-corrected chi connectivity index (χ1v) is 18.9. The van der Waals surface area contributed by atoms with E-state index in [1.807, 2.05) is 34.8 Å². The zero-order valence-electron chi connectivity index (χ0n) is 27.4. The van der Waals surface area contributed by atoms with E-state index in [-0.39, 0.29) is 0 Å². The Balaban J connectivity index is 0.980. The molecule has 11 aromatic rings. The number of hydrogen-bond acceptors (Lipinski definition) is 3. The van der Waals surface area contributed by atoms with Crippen LogP contribution >= 0.6 is 22.7 Å². The molecule has 3 heteroatoms. The molecule has 0 N–H and O–H groups in total. The summed E-state index contributed by atoms with van der Waals surface area (Å²) in [7, 11) is 0. The van der Waals surface area contributed by atoms with Crippen molar-refractivity contribution in [3.63, 3.8) is 0 Å². The average molecular weight is 685 g/mol. The Morgan fingerprint density at radius 2 is 0.804 bits per heavy atom. The zero-order chi connectivity index (χ0) is 33.5. The molecule has 0 spiro atoms. The van der Waals surface area contributed by atoms with Gasteiger partial charge in [-0.05, 0) is 105 Å². The topological polar surface area (TPSA) is 13.1 Å². The van der Waals surface area contributed by atoms with Crippen LogP contribution in [0.5, 0.6) is 0 Å². The zero-order valence-corrected chi connectivity index (χ0v) is 29.0. The second-order valence-electron chi connectivity index (χ2n) is 13.3. The normalized spacial score (nSPS) is 11.9. The van der Waals surface area contributed by atoms with Gasteiger partial charge >= 0.3 is 0 Å². The van der Waals surface area contributed by atoms with Gasteiger partial charge in [-0.2, -0.15) is 0 Å². The number of para-hydroxylation sites is 1. The number of benzene rings is 8. The molecule has 3 heterocycles. The third kappa shape index (κ3) is 4.66. The average Bonchev–Trinajstić information content (AvgIpc) is 3.88. The van der Waals surface area contributed by atoms with Crippen LogP contribution in [-0.2, 0) is 0 Å². The summed E-state index contributed by atoms with van der Waals surface area (Å²) in [6.07, 6.45) is 0. The van der Waals surface area contributed by atoms with Gasteiger partial charge in [0.05, 0.1) is 0 Å². The molecular weight excluding hydrogens is 657 g/mol. The van der Waals surface area contributed by atoms with E-state index in [9.17, 15) is 0 Å². The summed E-state index contributed by atoms with van der Waals surface area (Å²) >= 11 is 3.74. The minimum absolute atomic E-state index is 0.920. The molecule has 0 fully saturated rings. The highest BCUT2D eigenvalue weighted by Crippen LogP contribution is 2.42. The Bertz CT molecular complexity index is 3150. The highest BCUT2D eigenvalue weighted by molar-refractivity contribution is 7.26. The summed E-state index contributed by atoms with van der Waals surface area (Å²) in [6, 6.07) is 62.1. The fourth-order valence-electron chi connectivity index (χ4n) is 7.80. The molecule has 0 atom stereocenters. The first-order chi connectivity index (χ1) is 25.2. The number of thiophene rings is 2. The van der Waals surface area contributed by atoms with Crippen LogP contribution in [0.4, 0.5) is 0 Å². The Labute approximate surface area is 302 Å². The molecule has 0 amide bonds. The van der Waals surface area contributed by atoms with Gasteiger partial charge in [-0.3, -0.25) is 0 Å². The van der Waals surface area contributed by atoms with E-state index in [0.717, 1.165) is 16.6 Å². The Hall–Kier alpha value is -6.00. The van der Waals surface area contributed by atoms with E-state index in [4.69, 9.17) is 4.42 Å². The molecule has 0 aliphatic heterocycles. The van der Waals surface area contributed by atoms with Gasteiger partial charge in [0, 0.05) is 51.1 Å². The molecule has 3 aromatic heterocycles. The van der Waals surface area contributed by atoms with Crippen molar-refractivity contribution in [2.75, 3.05) is 0 Å². The van der Waals surface area contributed by atoms with Crippen LogP contribution in [0.3, 0.4) is 0 Å². The van der Waals surface area contributed by atoms with Crippen LogP contribution in [0, 0.1) is 0 Å². The van der Waals surface area contributed by atoms with Crippen LogP contribution in [0.1, 0.15) is 0 Å². The summed E-state index contributed by atoms with van der Waals surface area (Å²) in [4.78, 5) is 0. The molecule has 0 bridgehead atoms. The van der Waals surface area contributed by atoms with Crippen LogP contribution in [0.2, 0.25) is 0 Å². The van der Waals surface area contributed by atoms with Crippen LogP contribution < -0.4 is 0 Å². The standard InChI is InChI=1S/C48H28OS2/c1-3-15-42-39(13-1)48-36(14-7-16-43(48)49-42)35-11-6-10-31(25-35)33-20-23-46-41(27-33)40-26-32(19-22-45(40)50-46)29-8-5-9-30(24-29)34-18-21-38-37-12-2-4-17-44(37)51-47(38)28-34/h1-28H. The second-order valence-corrected chi connectivity index (χ2v) is 15.4. The van der Waals surface area contributed by atoms with Gasteiger partial charge in [0.15, 0.2) is 0 Å². The lowest BCUT2D eigenvalue weighted by Gasteiger charge is -2.09. The third-order valence-electron chi connectivity index (χ3n) is 10.3. The Morgan fingerprint density at radius 1 is 0.294 bits per heavy atom. The molecule has 51 heavy (non-hydrogen) atoms. The maximum Gasteiger partial charge on any atom is 0.136 e. The van der Waals surface area contributed by atoms with Crippen molar-refractivity contribution in [1.82, 2.24) is 0 Å². The first-order valence-electron chi connectivity index (χ1n) is 17.2. The van der Waals surface area contributed by atoms with Crippen molar-refractivity contribution in [3.05, 3.63) is 170 Å². The minimum Gasteiger partial charge on any atom is -0.456 e. The molecule has 0 saturated heterocycles. The largest absolute Gasteiger partial charge is 0.456 e. The van der Waals surface area contributed by atoms with Crippen molar-refractivity contribution in [3.8, 4) is 44.5 Å². The highest BCUT2D eigenvalue weighted by Gasteiger charge is 2.14. The summed E-state index contributed by atoms with van der Waals surface area (Å²) < 4.78 is 11.5. The van der Waals surface area contributed by atoms with Crippen molar-refractivity contribution >= 4 is 85.0 Å². The maximum atomic E-state index is 6.21. The fourth-order valence-corrected chi connectivity index (χ4v) is 10.0. The van der Waals surface area contributed by atoms with Gasteiger partial charge in [-0.1, -0.05) is 109 Å². The van der Waals surface area contributed by atoms with Crippen LogP contribution in [-0.4, -0.2) is 0 Å². The van der Waals surface area contributed by atoms with E-state index in [0.29, 0.717) is 0 Å².